The maximum Gasteiger partial charge on any atom is 0.508 e. The lowest BCUT2D eigenvalue weighted by molar-refractivity contribution is -0.285. The smallest absolute Gasteiger partial charge is 0.431 e. The van der Waals surface area contributed by atoms with E-state index in [-0.39, 0.29) is 24.0 Å². The van der Waals surface area contributed by atoms with E-state index in [1.807, 2.05) is 24.3 Å². The molecule has 2 rings (SSSR count). The van der Waals surface area contributed by atoms with Crippen LogP contribution in [0.1, 0.15) is 280 Å². The molecule has 0 spiro atoms. The van der Waals surface area contributed by atoms with Gasteiger partial charge in [-0.05, 0) is 59.1 Å². The Morgan fingerprint density at radius 1 is 0.382 bits per heavy atom. The molecule has 0 aliphatic carbocycles. The second-order valence-electron chi connectivity index (χ2n) is 21.5. The van der Waals surface area contributed by atoms with E-state index < -0.39 is 30.3 Å². The van der Waals surface area contributed by atoms with Gasteiger partial charge in [-0.2, -0.15) is 9.78 Å². The lowest BCUT2D eigenvalue weighted by Gasteiger charge is -2.19. The molecule has 0 fully saturated rings. The monoisotopic (exact) mass is 951 g/mol. The van der Waals surface area contributed by atoms with Crippen LogP contribution in [0.15, 0.2) is 48.5 Å². The summed E-state index contributed by atoms with van der Waals surface area (Å²) >= 11 is 0. The van der Waals surface area contributed by atoms with E-state index in [1.165, 1.54) is 141 Å². The lowest BCUT2D eigenvalue weighted by atomic mass is 9.87. The molecule has 0 N–H and O–H groups in total. The van der Waals surface area contributed by atoms with E-state index in [9.17, 15) is 14.4 Å². The van der Waals surface area contributed by atoms with E-state index in [0.717, 1.165) is 49.7 Å². The van der Waals surface area contributed by atoms with Gasteiger partial charge in [0, 0.05) is 0 Å². The lowest BCUT2D eigenvalue weighted by Crippen LogP contribution is -2.27. The van der Waals surface area contributed by atoms with Gasteiger partial charge in [-0.25, -0.2) is 14.4 Å². The van der Waals surface area contributed by atoms with Gasteiger partial charge in [0.15, 0.2) is 0 Å². The van der Waals surface area contributed by atoms with Crippen LogP contribution in [-0.2, 0) is 39.9 Å². The Bertz CT molecular complexity index is 1440. The highest BCUT2D eigenvalue weighted by molar-refractivity contribution is 5.89. The minimum atomic E-state index is -0.901. The molecule has 0 saturated carbocycles. The van der Waals surface area contributed by atoms with Crippen LogP contribution in [0.3, 0.4) is 0 Å². The standard InChI is InChI=1S/C59H98O9/c1-9-11-13-15-17-19-21-23-25-27-29-31-33-35-37-53(65-67-55(60)49-39-43-51(44-40-49)58(3,4)5)47-63-57(62)64-48-54(66-68-56(61)50-41-45-52(46-42-50)59(6,7)8)38-36-34-32-30-28-26-24-22-20-18-16-14-12-10-2/h39-46,53-54H,9-38,47-48H2,1-8H3. The highest BCUT2D eigenvalue weighted by Gasteiger charge is 2.22. The Labute approximate surface area is 415 Å². The molecule has 9 nitrogen and oxygen atoms in total. The van der Waals surface area contributed by atoms with Crippen LogP contribution in [0.25, 0.3) is 0 Å². The number of benzene rings is 2. The van der Waals surface area contributed by atoms with Crippen molar-refractivity contribution in [2.75, 3.05) is 13.2 Å². The molecule has 2 aromatic carbocycles. The SMILES string of the molecule is CCCCCCCCCCCCCCCCC(COC(=O)OCC(CCCCCCCCCCCCCCCC)OOC(=O)c1ccc(C(C)(C)C)cc1)OOC(=O)c1ccc(C(C)(C)C)cc1. The van der Waals surface area contributed by atoms with Crippen LogP contribution in [0.2, 0.25) is 0 Å². The molecule has 9 heteroatoms. The predicted octanol–water partition coefficient (Wildman–Crippen LogP) is 17.8. The molecule has 388 valence electrons. The van der Waals surface area contributed by atoms with Crippen molar-refractivity contribution >= 4 is 18.1 Å². The highest BCUT2D eigenvalue weighted by atomic mass is 17.2. The summed E-state index contributed by atoms with van der Waals surface area (Å²) in [6, 6.07) is 14.6. The Hall–Kier alpha value is -3.43. The molecule has 2 atom stereocenters. The number of unbranched alkanes of at least 4 members (excludes halogenated alkanes) is 26. The zero-order valence-corrected chi connectivity index (χ0v) is 44.6. The zero-order valence-electron chi connectivity index (χ0n) is 44.6. The van der Waals surface area contributed by atoms with Gasteiger partial charge in [-0.15, -0.1) is 0 Å². The fourth-order valence-corrected chi connectivity index (χ4v) is 8.35. The summed E-state index contributed by atoms with van der Waals surface area (Å²) in [6.07, 6.45) is 33.6. The Morgan fingerprint density at radius 3 is 0.882 bits per heavy atom. The fraction of sp³-hybridized carbons (Fsp3) is 0.746. The molecule has 0 aliphatic rings. The van der Waals surface area contributed by atoms with Gasteiger partial charge in [-0.3, -0.25) is 9.78 Å². The molecule has 2 unspecified atom stereocenters. The van der Waals surface area contributed by atoms with Gasteiger partial charge in [0.1, 0.15) is 25.4 Å². The third-order valence-corrected chi connectivity index (χ3v) is 13.0. The molecule has 68 heavy (non-hydrogen) atoms. The van der Waals surface area contributed by atoms with Crippen LogP contribution >= 0.6 is 0 Å². The number of hydrogen-bond acceptors (Lipinski definition) is 9. The van der Waals surface area contributed by atoms with Crippen molar-refractivity contribution < 1.29 is 43.4 Å². The van der Waals surface area contributed by atoms with Crippen molar-refractivity contribution in [1.82, 2.24) is 0 Å². The van der Waals surface area contributed by atoms with E-state index in [1.54, 1.807) is 24.3 Å². The highest BCUT2D eigenvalue weighted by Crippen LogP contribution is 2.24. The van der Waals surface area contributed by atoms with Gasteiger partial charge < -0.3 is 9.47 Å². The van der Waals surface area contributed by atoms with Gasteiger partial charge in [0.25, 0.3) is 0 Å². The minimum Gasteiger partial charge on any atom is -0.431 e. The molecule has 0 heterocycles. The maximum absolute atomic E-state index is 13.0. The Kier molecular flexibility index (Phi) is 33.4. The molecular weight excluding hydrogens is 853 g/mol. The summed E-state index contributed by atoms with van der Waals surface area (Å²) < 4.78 is 11.1. The van der Waals surface area contributed by atoms with Crippen LogP contribution in [0.4, 0.5) is 4.79 Å². The molecule has 0 radical (unpaired) electrons. The average Bonchev–Trinajstić information content (AvgIpc) is 3.32. The first-order valence-electron chi connectivity index (χ1n) is 27.5. The zero-order chi connectivity index (χ0) is 49.7. The van der Waals surface area contributed by atoms with Gasteiger partial charge in [0.05, 0.1) is 11.1 Å². The first-order chi connectivity index (χ1) is 32.7. The predicted molar refractivity (Wildman–Crippen MR) is 278 cm³/mol. The molecule has 0 aliphatic heterocycles. The van der Waals surface area contributed by atoms with Crippen LogP contribution < -0.4 is 0 Å². The molecule has 0 aromatic heterocycles. The summed E-state index contributed by atoms with van der Waals surface area (Å²) in [7, 11) is 0. The van der Waals surface area contributed by atoms with E-state index >= 15 is 0 Å². The fourth-order valence-electron chi connectivity index (χ4n) is 8.35. The first-order valence-corrected chi connectivity index (χ1v) is 27.5. The van der Waals surface area contributed by atoms with E-state index in [4.69, 9.17) is 29.0 Å². The van der Waals surface area contributed by atoms with Crippen LogP contribution in [-0.4, -0.2) is 43.5 Å². The number of hydrogen-bond donors (Lipinski definition) is 0. The van der Waals surface area contributed by atoms with Gasteiger partial charge in [0.2, 0.25) is 0 Å². The molecule has 0 bridgehead atoms. The summed E-state index contributed by atoms with van der Waals surface area (Å²) in [6.45, 7) is 16.9. The third kappa shape index (κ3) is 30.2. The summed E-state index contributed by atoms with van der Waals surface area (Å²) in [5, 5.41) is 0. The first kappa shape index (κ1) is 60.7. The Morgan fingerprint density at radius 2 is 0.632 bits per heavy atom. The summed E-state index contributed by atoms with van der Waals surface area (Å²) in [4.78, 5) is 60.9. The van der Waals surface area contributed by atoms with Crippen LogP contribution in [0.5, 0.6) is 0 Å². The number of ether oxygens (including phenoxy) is 2. The van der Waals surface area contributed by atoms with Crippen molar-refractivity contribution in [1.29, 1.82) is 0 Å². The molecule has 0 amide bonds. The van der Waals surface area contributed by atoms with Gasteiger partial charge in [-0.1, -0.05) is 259 Å². The van der Waals surface area contributed by atoms with Crippen molar-refractivity contribution in [3.63, 3.8) is 0 Å². The largest absolute Gasteiger partial charge is 0.508 e. The van der Waals surface area contributed by atoms with E-state index in [2.05, 4.69) is 55.4 Å². The molecular formula is C59H98O9. The summed E-state index contributed by atoms with van der Waals surface area (Å²) in [5.74, 6) is -1.22. The second kappa shape index (κ2) is 37.4. The number of rotatable bonds is 40. The molecule has 0 saturated heterocycles. The van der Waals surface area contributed by atoms with Gasteiger partial charge >= 0.3 is 18.1 Å². The van der Waals surface area contributed by atoms with Crippen molar-refractivity contribution in [3.8, 4) is 0 Å². The molecule has 2 aromatic rings. The summed E-state index contributed by atoms with van der Waals surface area (Å²) in [5.41, 5.74) is 2.86. The maximum atomic E-state index is 13.0. The van der Waals surface area contributed by atoms with Crippen molar-refractivity contribution in [2.45, 2.75) is 271 Å². The second-order valence-corrected chi connectivity index (χ2v) is 21.5. The van der Waals surface area contributed by atoms with E-state index in [0.29, 0.717) is 24.0 Å². The van der Waals surface area contributed by atoms with Crippen molar-refractivity contribution in [2.24, 2.45) is 0 Å². The number of carbonyl (C=O) groups excluding carboxylic acids is 3. The minimum absolute atomic E-state index is 0.0506. The average molecular weight is 951 g/mol. The quantitative estimate of drug-likeness (QED) is 0.0279. The Balaban J connectivity index is 1.90. The topological polar surface area (TPSA) is 107 Å². The third-order valence-electron chi connectivity index (χ3n) is 13.0. The van der Waals surface area contributed by atoms with Crippen molar-refractivity contribution in [3.05, 3.63) is 70.8 Å². The van der Waals surface area contributed by atoms with Crippen LogP contribution in [0, 0.1) is 0 Å². The number of carbonyl (C=O) groups is 3. The normalized spacial score (nSPS) is 12.7.